The van der Waals surface area contributed by atoms with Gasteiger partial charge in [0.2, 0.25) is 0 Å². The Balaban J connectivity index is 2.19. The number of ether oxygens (including phenoxy) is 1. The molecule has 0 atom stereocenters. The van der Waals surface area contributed by atoms with E-state index in [9.17, 15) is 9.59 Å². The molecule has 5 heteroatoms. The molecule has 2 rings (SSSR count). The summed E-state index contributed by atoms with van der Waals surface area (Å²) in [7, 11) is 1.61. The van der Waals surface area contributed by atoms with Crippen LogP contribution in [0.25, 0.3) is 0 Å². The van der Waals surface area contributed by atoms with Crippen LogP contribution in [0, 0.1) is 6.92 Å². The highest BCUT2D eigenvalue weighted by atomic mass is 16.5. The molecule has 0 aromatic carbocycles. The largest absolute Gasteiger partial charge is 0.383 e. The fourth-order valence-electron chi connectivity index (χ4n) is 1.92. The lowest BCUT2D eigenvalue weighted by Crippen LogP contribution is -2.38. The van der Waals surface area contributed by atoms with E-state index < -0.39 is 0 Å². The molecule has 5 nitrogen and oxygen atoms in total. The van der Waals surface area contributed by atoms with E-state index in [1.807, 2.05) is 0 Å². The average molecular weight is 250 g/mol. The number of hydrogen-bond donors (Lipinski definition) is 1. The minimum atomic E-state index is -0.317. The van der Waals surface area contributed by atoms with Gasteiger partial charge >= 0.3 is 0 Å². The third-order valence-corrected chi connectivity index (χ3v) is 3.07. The zero-order valence-corrected chi connectivity index (χ0v) is 10.7. The number of nitrogens with zero attached hydrogens (tertiary/aromatic N) is 1. The molecule has 1 aromatic rings. The zero-order chi connectivity index (χ0) is 13.1. The summed E-state index contributed by atoms with van der Waals surface area (Å²) in [5, 5.41) is 0. The molecular formula is C13H18N2O3. The Kier molecular flexibility index (Phi) is 3.81. The lowest BCUT2D eigenvalue weighted by Gasteiger charge is -2.21. The molecule has 98 valence electrons. The van der Waals surface area contributed by atoms with Crippen LogP contribution < -0.4 is 5.56 Å². The molecule has 18 heavy (non-hydrogen) atoms. The molecule has 1 heterocycles. The molecule has 1 fully saturated rings. The molecule has 1 N–H and O–H groups in total. The van der Waals surface area contributed by atoms with E-state index in [4.69, 9.17) is 4.74 Å². The van der Waals surface area contributed by atoms with E-state index in [2.05, 4.69) is 4.98 Å². The molecule has 0 unspecified atom stereocenters. The van der Waals surface area contributed by atoms with E-state index in [-0.39, 0.29) is 23.1 Å². The molecular weight excluding hydrogens is 232 g/mol. The number of carbonyl (C=O) groups excluding carboxylic acids is 1. The van der Waals surface area contributed by atoms with Crippen LogP contribution in [0.4, 0.5) is 0 Å². The Morgan fingerprint density at radius 3 is 2.78 bits per heavy atom. The molecule has 0 radical (unpaired) electrons. The third-order valence-electron chi connectivity index (χ3n) is 3.07. The topological polar surface area (TPSA) is 62.4 Å². The van der Waals surface area contributed by atoms with Crippen molar-refractivity contribution in [1.29, 1.82) is 0 Å². The fourth-order valence-corrected chi connectivity index (χ4v) is 1.92. The Bertz CT molecular complexity index is 491. The SMILES string of the molecule is COCCN(C(=O)c1ccc(C)[nH]c1=O)C1CC1. The quantitative estimate of drug-likeness (QED) is 0.845. The highest BCUT2D eigenvalue weighted by Crippen LogP contribution is 2.27. The lowest BCUT2D eigenvalue weighted by molar-refractivity contribution is 0.0678. The van der Waals surface area contributed by atoms with Gasteiger partial charge in [-0.25, -0.2) is 0 Å². The zero-order valence-electron chi connectivity index (χ0n) is 10.7. The molecule has 1 saturated carbocycles. The van der Waals surface area contributed by atoms with Crippen molar-refractivity contribution in [3.8, 4) is 0 Å². The normalized spacial score (nSPS) is 14.6. The van der Waals surface area contributed by atoms with E-state index in [0.717, 1.165) is 18.5 Å². The van der Waals surface area contributed by atoms with Crippen LogP contribution in [0.2, 0.25) is 0 Å². The van der Waals surface area contributed by atoms with Crippen LogP contribution in [0.15, 0.2) is 16.9 Å². The lowest BCUT2D eigenvalue weighted by atomic mass is 10.2. The molecule has 1 aliphatic rings. The number of aryl methyl sites for hydroxylation is 1. The van der Waals surface area contributed by atoms with Gasteiger partial charge in [0.15, 0.2) is 0 Å². The van der Waals surface area contributed by atoms with Crippen LogP contribution in [-0.4, -0.2) is 42.1 Å². The Morgan fingerprint density at radius 1 is 1.50 bits per heavy atom. The summed E-state index contributed by atoms with van der Waals surface area (Å²) in [6.07, 6.45) is 2.03. The van der Waals surface area contributed by atoms with Crippen LogP contribution in [-0.2, 0) is 4.74 Å². The first kappa shape index (κ1) is 12.8. The Hall–Kier alpha value is -1.62. The van der Waals surface area contributed by atoms with Crippen molar-refractivity contribution in [2.75, 3.05) is 20.3 Å². The summed E-state index contributed by atoms with van der Waals surface area (Å²) < 4.78 is 5.01. The second-order valence-electron chi connectivity index (χ2n) is 4.61. The van der Waals surface area contributed by atoms with Crippen molar-refractivity contribution in [2.45, 2.75) is 25.8 Å². The maximum Gasteiger partial charge on any atom is 0.260 e. The van der Waals surface area contributed by atoms with E-state index in [1.165, 1.54) is 0 Å². The van der Waals surface area contributed by atoms with Crippen molar-refractivity contribution < 1.29 is 9.53 Å². The number of aromatic nitrogens is 1. The molecule has 0 bridgehead atoms. The summed E-state index contributed by atoms with van der Waals surface area (Å²) >= 11 is 0. The highest BCUT2D eigenvalue weighted by Gasteiger charge is 2.33. The number of rotatable bonds is 5. The van der Waals surface area contributed by atoms with E-state index >= 15 is 0 Å². The van der Waals surface area contributed by atoms with Gasteiger partial charge in [-0.1, -0.05) is 0 Å². The summed E-state index contributed by atoms with van der Waals surface area (Å²) in [5.74, 6) is -0.198. The molecule has 0 aliphatic heterocycles. The van der Waals surface area contributed by atoms with E-state index in [1.54, 1.807) is 31.1 Å². The molecule has 0 spiro atoms. The van der Waals surface area contributed by atoms with Gasteiger partial charge in [0.25, 0.3) is 11.5 Å². The maximum absolute atomic E-state index is 12.3. The number of hydrogen-bond acceptors (Lipinski definition) is 3. The molecule has 1 amide bonds. The predicted octanol–water partition coefficient (Wildman–Crippen LogP) is 0.934. The minimum absolute atomic E-state index is 0.198. The Labute approximate surface area is 106 Å². The first-order valence-corrected chi connectivity index (χ1v) is 6.13. The van der Waals surface area contributed by atoms with Gasteiger partial charge < -0.3 is 14.6 Å². The number of amides is 1. The van der Waals surface area contributed by atoms with Gasteiger partial charge in [0, 0.05) is 25.4 Å². The van der Waals surface area contributed by atoms with Gasteiger partial charge in [0.1, 0.15) is 5.56 Å². The van der Waals surface area contributed by atoms with Gasteiger partial charge in [0.05, 0.1) is 6.61 Å². The monoisotopic (exact) mass is 250 g/mol. The summed E-state index contributed by atoms with van der Waals surface area (Å²) in [6.45, 7) is 2.82. The molecule has 0 saturated heterocycles. The number of carbonyl (C=O) groups is 1. The van der Waals surface area contributed by atoms with Crippen molar-refractivity contribution in [1.82, 2.24) is 9.88 Å². The number of aromatic amines is 1. The number of pyridine rings is 1. The van der Waals surface area contributed by atoms with Crippen LogP contribution in [0.3, 0.4) is 0 Å². The second kappa shape index (κ2) is 5.35. The first-order chi connectivity index (χ1) is 8.63. The summed E-state index contributed by atoms with van der Waals surface area (Å²) in [6, 6.07) is 3.61. The maximum atomic E-state index is 12.3. The number of methoxy groups -OCH3 is 1. The molecule has 1 aliphatic carbocycles. The minimum Gasteiger partial charge on any atom is -0.383 e. The van der Waals surface area contributed by atoms with Gasteiger partial charge in [-0.15, -0.1) is 0 Å². The highest BCUT2D eigenvalue weighted by molar-refractivity contribution is 5.94. The standard InChI is InChI=1S/C13H18N2O3/c1-9-3-6-11(12(16)14-9)13(17)15(7-8-18-2)10-4-5-10/h3,6,10H,4-5,7-8H2,1-2H3,(H,14,16). The first-order valence-electron chi connectivity index (χ1n) is 6.13. The number of H-pyrrole nitrogens is 1. The van der Waals surface area contributed by atoms with Gasteiger partial charge in [-0.2, -0.15) is 0 Å². The van der Waals surface area contributed by atoms with E-state index in [0.29, 0.717) is 13.2 Å². The van der Waals surface area contributed by atoms with Crippen molar-refractivity contribution in [2.24, 2.45) is 0 Å². The predicted molar refractivity (Wildman–Crippen MR) is 67.7 cm³/mol. The van der Waals surface area contributed by atoms with Gasteiger partial charge in [-0.3, -0.25) is 9.59 Å². The van der Waals surface area contributed by atoms with Gasteiger partial charge in [-0.05, 0) is 31.9 Å². The summed E-state index contributed by atoms with van der Waals surface area (Å²) in [5.41, 5.74) is 0.651. The van der Waals surface area contributed by atoms with Crippen LogP contribution >= 0.6 is 0 Å². The molecule has 1 aromatic heterocycles. The smallest absolute Gasteiger partial charge is 0.260 e. The second-order valence-corrected chi connectivity index (χ2v) is 4.61. The number of nitrogens with one attached hydrogen (secondary N) is 1. The van der Waals surface area contributed by atoms with Crippen LogP contribution in [0.5, 0.6) is 0 Å². The fraction of sp³-hybridized carbons (Fsp3) is 0.538. The van der Waals surface area contributed by atoms with Crippen molar-refractivity contribution in [3.05, 3.63) is 33.7 Å². The average Bonchev–Trinajstić information content (AvgIpc) is 3.13. The van der Waals surface area contributed by atoms with Crippen molar-refractivity contribution >= 4 is 5.91 Å². The third kappa shape index (κ3) is 2.79. The van der Waals surface area contributed by atoms with Crippen molar-refractivity contribution in [3.63, 3.8) is 0 Å². The Morgan fingerprint density at radius 2 is 2.22 bits per heavy atom. The van der Waals surface area contributed by atoms with Crippen LogP contribution in [0.1, 0.15) is 28.9 Å². The summed E-state index contributed by atoms with van der Waals surface area (Å²) in [4.78, 5) is 28.5.